The second kappa shape index (κ2) is 9.77. The maximum atomic E-state index is 2.63. The van der Waals surface area contributed by atoms with Crippen molar-refractivity contribution >= 4 is 86.0 Å². The average molecular weight is 655 g/mol. The highest BCUT2D eigenvalue weighted by Gasteiger charge is 2.56. The van der Waals surface area contributed by atoms with Crippen LogP contribution in [0.1, 0.15) is 26.3 Å². The van der Waals surface area contributed by atoms with Crippen LogP contribution in [0, 0.1) is 0 Å². The number of hydrogen-bond acceptors (Lipinski definition) is 2. The number of nitrogens with zero attached hydrogens (tertiary/aromatic N) is 2. The fraction of sp³-hybridized carbons (Fsp3) is 0.0870. The molecule has 0 saturated heterocycles. The van der Waals surface area contributed by atoms with Crippen LogP contribution >= 0.6 is 0 Å². The summed E-state index contributed by atoms with van der Waals surface area (Å²) in [5, 5.41) is 6.00. The Bertz CT molecular complexity index is 2520. The van der Waals surface area contributed by atoms with Crippen LogP contribution in [-0.2, 0) is 5.41 Å². The molecule has 0 aromatic heterocycles. The first-order valence-electron chi connectivity index (χ1n) is 17.8. The van der Waals surface area contributed by atoms with Gasteiger partial charge in [-0.15, -0.1) is 0 Å². The van der Waals surface area contributed by atoms with Crippen molar-refractivity contribution in [1.29, 1.82) is 0 Å². The molecule has 7 aromatic carbocycles. The summed E-state index contributed by atoms with van der Waals surface area (Å²) in [4.78, 5) is 5.15. The highest BCUT2D eigenvalue weighted by molar-refractivity contribution is 7.24. The lowest BCUT2D eigenvalue weighted by Gasteiger charge is -2.50. The van der Waals surface area contributed by atoms with E-state index >= 15 is 0 Å². The maximum Gasteiger partial charge on any atom is 0.252 e. The Kier molecular flexibility index (Phi) is 5.53. The van der Waals surface area contributed by atoms with Gasteiger partial charge in [-0.2, -0.15) is 0 Å². The number of anilines is 6. The van der Waals surface area contributed by atoms with Crippen molar-refractivity contribution < 1.29 is 0 Å². The van der Waals surface area contributed by atoms with E-state index in [1.807, 2.05) is 0 Å². The summed E-state index contributed by atoms with van der Waals surface area (Å²) >= 11 is 0. The summed E-state index contributed by atoms with van der Waals surface area (Å²) in [6, 6.07) is 60.3. The van der Waals surface area contributed by atoms with E-state index in [1.54, 1.807) is 0 Å². The molecule has 7 aromatic rings. The molecule has 50 heavy (non-hydrogen) atoms. The maximum absolute atomic E-state index is 2.66. The van der Waals surface area contributed by atoms with Gasteiger partial charge in [-0.1, -0.05) is 142 Å². The molecule has 2 nitrogen and oxygen atoms in total. The number of hydrogen-bond donors (Lipinski definition) is 0. The van der Waals surface area contributed by atoms with Crippen LogP contribution in [-0.4, -0.2) is 14.8 Å². The average Bonchev–Trinajstić information content (AvgIpc) is 3.44. The first kappa shape index (κ1) is 28.3. The van der Waals surface area contributed by atoms with E-state index in [9.17, 15) is 0 Å². The summed E-state index contributed by atoms with van der Waals surface area (Å²) in [6.45, 7) is 7.07. The lowest BCUT2D eigenvalue weighted by molar-refractivity contribution is 0.590. The Morgan fingerprint density at radius 1 is 0.460 bits per heavy atom. The van der Waals surface area contributed by atoms with E-state index in [-0.39, 0.29) is 12.1 Å². The van der Waals surface area contributed by atoms with E-state index in [1.165, 1.54) is 87.9 Å². The van der Waals surface area contributed by atoms with Crippen molar-refractivity contribution in [1.82, 2.24) is 0 Å². The van der Waals surface area contributed by atoms with Crippen molar-refractivity contribution in [2.75, 3.05) is 9.80 Å². The summed E-state index contributed by atoms with van der Waals surface area (Å²) in [6.07, 6.45) is 0. The van der Waals surface area contributed by atoms with Gasteiger partial charge in [0.25, 0.3) is 6.71 Å². The fourth-order valence-electron chi connectivity index (χ4n) is 9.80. The van der Waals surface area contributed by atoms with Crippen molar-refractivity contribution in [2.45, 2.75) is 26.2 Å². The van der Waals surface area contributed by atoms with E-state index < -0.39 is 8.07 Å². The molecule has 0 fully saturated rings. The fourth-order valence-corrected chi connectivity index (χ4v) is 15.4. The largest absolute Gasteiger partial charge is 0.312 e. The third-order valence-corrected chi connectivity index (χ3v) is 16.7. The normalized spacial score (nSPS) is 15.1. The minimum Gasteiger partial charge on any atom is -0.312 e. The van der Waals surface area contributed by atoms with Gasteiger partial charge >= 0.3 is 0 Å². The molecular weight excluding hydrogens is 619 g/mol. The quantitative estimate of drug-likeness (QED) is 0.181. The van der Waals surface area contributed by atoms with E-state index in [4.69, 9.17) is 0 Å². The zero-order chi connectivity index (χ0) is 33.4. The molecule has 0 radical (unpaired) electrons. The van der Waals surface area contributed by atoms with Gasteiger partial charge in [0.15, 0.2) is 8.07 Å². The van der Waals surface area contributed by atoms with E-state index in [0.29, 0.717) is 0 Å². The highest BCUT2D eigenvalue weighted by atomic mass is 28.3. The molecule has 0 atom stereocenters. The van der Waals surface area contributed by atoms with Gasteiger partial charge in [-0.25, -0.2) is 0 Å². The Balaban J connectivity index is 1.28. The van der Waals surface area contributed by atoms with Gasteiger partial charge in [0.1, 0.15) is 0 Å². The SMILES string of the molecule is CC(C)(C)c1ccc2c(c1)N(c1ccccc1)c1cccc3c1B2c1cccc2c1N3c1ccccc1[Si]21c2ccccc2-c2ccccc21. The number of fused-ring (bicyclic) bond motifs is 13. The molecule has 4 aliphatic rings. The monoisotopic (exact) mass is 654 g/mol. The van der Waals surface area contributed by atoms with Gasteiger partial charge < -0.3 is 9.80 Å². The van der Waals surface area contributed by atoms with Gasteiger partial charge in [0.05, 0.1) is 0 Å². The molecule has 1 spiro atoms. The summed E-state index contributed by atoms with van der Waals surface area (Å²) < 4.78 is 0. The lowest BCUT2D eigenvalue weighted by atomic mass is 9.33. The molecular formula is C46H35BN2Si. The third-order valence-electron chi connectivity index (χ3n) is 11.8. The van der Waals surface area contributed by atoms with Crippen LogP contribution in [0.3, 0.4) is 0 Å². The molecule has 0 amide bonds. The molecule has 0 aliphatic carbocycles. The molecule has 236 valence electrons. The molecule has 11 rings (SSSR count). The van der Waals surface area contributed by atoms with Gasteiger partial charge in [0, 0.05) is 34.1 Å². The first-order chi connectivity index (χ1) is 24.5. The second-order valence-corrected chi connectivity index (χ2v) is 18.9. The van der Waals surface area contributed by atoms with Crippen LogP contribution in [0.15, 0.2) is 158 Å². The molecule has 0 N–H and O–H groups in total. The second-order valence-electron chi connectivity index (χ2n) is 15.3. The Morgan fingerprint density at radius 3 is 1.76 bits per heavy atom. The van der Waals surface area contributed by atoms with Crippen LogP contribution in [0.5, 0.6) is 0 Å². The van der Waals surface area contributed by atoms with Crippen LogP contribution in [0.25, 0.3) is 11.1 Å². The van der Waals surface area contributed by atoms with Crippen molar-refractivity contribution in [3.05, 3.63) is 163 Å². The lowest BCUT2D eigenvalue weighted by Crippen LogP contribution is -2.77. The van der Waals surface area contributed by atoms with E-state index in [2.05, 4.69) is 188 Å². The summed E-state index contributed by atoms with van der Waals surface area (Å²) in [7, 11) is -2.66. The van der Waals surface area contributed by atoms with Gasteiger partial charge in [-0.05, 0) is 95.6 Å². The first-order valence-corrected chi connectivity index (χ1v) is 19.8. The number of rotatable bonds is 1. The third kappa shape index (κ3) is 3.39. The van der Waals surface area contributed by atoms with Crippen molar-refractivity contribution in [3.63, 3.8) is 0 Å². The zero-order valence-electron chi connectivity index (χ0n) is 28.5. The number of benzene rings is 7. The minimum atomic E-state index is -2.66. The molecule has 4 heterocycles. The number of para-hydroxylation sites is 3. The predicted octanol–water partition coefficient (Wildman–Crippen LogP) is 6.74. The molecule has 0 bridgehead atoms. The molecule has 4 aliphatic heterocycles. The smallest absolute Gasteiger partial charge is 0.252 e. The summed E-state index contributed by atoms with van der Waals surface area (Å²) in [5.41, 5.74) is 16.1. The van der Waals surface area contributed by atoms with E-state index in [0.717, 1.165) is 0 Å². The van der Waals surface area contributed by atoms with Crippen LogP contribution in [0.4, 0.5) is 34.1 Å². The Labute approximate surface area is 295 Å². The molecule has 4 heteroatoms. The standard InChI is InChI=1S/C46H35BN2Si/c1-46(2,3)30-27-28-34-39(29-30)48(31-15-5-4-6-16-31)37-21-14-22-38-44(37)47(34)35-19-13-26-43-45(35)49(38)36-20-9-12-25-42(36)50(43)40-23-10-7-17-32(40)33-18-8-11-24-41(33)50/h4-29H,1-3H3. The van der Waals surface area contributed by atoms with Crippen molar-refractivity contribution in [2.24, 2.45) is 0 Å². The van der Waals surface area contributed by atoms with Crippen LogP contribution < -0.4 is 46.9 Å². The summed E-state index contributed by atoms with van der Waals surface area (Å²) in [5.74, 6) is 0. The van der Waals surface area contributed by atoms with Crippen molar-refractivity contribution in [3.8, 4) is 11.1 Å². The molecule has 0 unspecified atom stereocenters. The molecule has 0 saturated carbocycles. The highest BCUT2D eigenvalue weighted by Crippen LogP contribution is 2.46. The van der Waals surface area contributed by atoms with Gasteiger partial charge in [0.2, 0.25) is 0 Å². The van der Waals surface area contributed by atoms with Crippen LogP contribution in [0.2, 0.25) is 0 Å². The van der Waals surface area contributed by atoms with Gasteiger partial charge in [-0.3, -0.25) is 0 Å². The topological polar surface area (TPSA) is 6.48 Å². The predicted molar refractivity (Wildman–Crippen MR) is 215 cm³/mol. The Morgan fingerprint density at radius 2 is 1.04 bits per heavy atom. The minimum absolute atomic E-state index is 0.0275. The Hall–Kier alpha value is -5.58. The zero-order valence-corrected chi connectivity index (χ0v) is 29.5.